The van der Waals surface area contributed by atoms with E-state index < -0.39 is 58.1 Å². The molecule has 0 aliphatic rings. The van der Waals surface area contributed by atoms with Crippen LogP contribution in [0.5, 0.6) is 5.75 Å². The molecule has 48 heavy (non-hydrogen) atoms. The summed E-state index contributed by atoms with van der Waals surface area (Å²) in [6.45, 7) is 2.13. The van der Waals surface area contributed by atoms with Gasteiger partial charge in [-0.2, -0.15) is 8.78 Å². The number of alkyl halides is 2. The maximum atomic E-state index is 15.1. The van der Waals surface area contributed by atoms with Crippen LogP contribution in [0.2, 0.25) is 0 Å². The van der Waals surface area contributed by atoms with Crippen molar-refractivity contribution in [2.75, 3.05) is 0 Å². The van der Waals surface area contributed by atoms with Crippen molar-refractivity contribution in [2.45, 2.75) is 38.7 Å². The second-order valence-electron chi connectivity index (χ2n) is 11.0. The molecule has 0 bridgehead atoms. The smallest absolute Gasteiger partial charge is 0.429 e. The van der Waals surface area contributed by atoms with Gasteiger partial charge in [0.15, 0.2) is 17.5 Å². The van der Waals surface area contributed by atoms with Gasteiger partial charge >= 0.3 is 6.11 Å². The number of benzene rings is 4. The number of halogens is 9. The van der Waals surface area contributed by atoms with Gasteiger partial charge in [-0.15, -0.1) is 0 Å². The Balaban J connectivity index is 1.31. The lowest BCUT2D eigenvalue weighted by Crippen LogP contribution is -2.25. The summed E-state index contributed by atoms with van der Waals surface area (Å²) in [6, 6.07) is 13.3. The number of rotatable bonds is 11. The van der Waals surface area contributed by atoms with Crippen molar-refractivity contribution >= 4 is 12.2 Å². The lowest BCUT2D eigenvalue weighted by Gasteiger charge is -2.20. The normalized spacial score (nSPS) is 11.8. The Morgan fingerprint density at radius 2 is 1.33 bits per heavy atom. The molecule has 0 aliphatic heterocycles. The minimum absolute atomic E-state index is 0.0575. The first-order valence-electron chi connectivity index (χ1n) is 14.8. The number of nitrogens with zero attached hydrogens (tertiary/aromatic N) is 1. The van der Waals surface area contributed by atoms with E-state index in [1.165, 1.54) is 24.3 Å². The first-order valence-corrected chi connectivity index (χ1v) is 14.8. The Hall–Kier alpha value is -5.06. The van der Waals surface area contributed by atoms with Crippen LogP contribution in [-0.2, 0) is 12.5 Å². The standard InChI is InChI=1S/C37H26F9NO/c1-2-3-4-5-21-7-13-34(47-20-21)25-11-12-27(29(39)17-25)24-10-9-23(28(38)16-24)8-6-22-14-30(40)35(31(41)15-22)37(45,46)48-26-18-32(42)36(44)33(43)19-26/h6-20H,2-5H2,1H3. The van der Waals surface area contributed by atoms with E-state index in [1.54, 1.807) is 12.3 Å². The molecule has 0 amide bonds. The van der Waals surface area contributed by atoms with Crippen molar-refractivity contribution < 1.29 is 44.3 Å². The van der Waals surface area contributed by atoms with Gasteiger partial charge in [0.2, 0.25) is 0 Å². The molecule has 5 rings (SSSR count). The molecule has 0 spiro atoms. The molecule has 11 heteroatoms. The highest BCUT2D eigenvalue weighted by Crippen LogP contribution is 2.37. The zero-order chi connectivity index (χ0) is 34.6. The van der Waals surface area contributed by atoms with Gasteiger partial charge in [-0.05, 0) is 59.9 Å². The predicted molar refractivity (Wildman–Crippen MR) is 164 cm³/mol. The summed E-state index contributed by atoms with van der Waals surface area (Å²) in [5.41, 5.74) is 0.355. The van der Waals surface area contributed by atoms with Gasteiger partial charge in [0.1, 0.15) is 34.6 Å². The first kappa shape index (κ1) is 34.3. The van der Waals surface area contributed by atoms with Crippen LogP contribution < -0.4 is 4.74 Å². The van der Waals surface area contributed by atoms with E-state index >= 15 is 8.78 Å². The molecule has 0 fully saturated rings. The average molecular weight is 672 g/mol. The van der Waals surface area contributed by atoms with Gasteiger partial charge < -0.3 is 4.74 Å². The SMILES string of the molecule is CCCCCc1ccc(-c2ccc(-c3ccc(C=Cc4cc(F)c(C(F)(F)Oc5cc(F)c(F)c(F)c5)c(F)c4)c(F)c3)c(F)c2)nc1. The van der Waals surface area contributed by atoms with E-state index in [1.807, 2.05) is 12.1 Å². The van der Waals surface area contributed by atoms with Crippen LogP contribution in [0.4, 0.5) is 39.5 Å². The summed E-state index contributed by atoms with van der Waals surface area (Å²) in [5.74, 6) is -11.8. The number of aromatic nitrogens is 1. The van der Waals surface area contributed by atoms with Crippen LogP contribution in [0.15, 0.2) is 79.0 Å². The van der Waals surface area contributed by atoms with Crippen molar-refractivity contribution in [1.29, 1.82) is 0 Å². The molecule has 5 aromatic rings. The highest BCUT2D eigenvalue weighted by Gasteiger charge is 2.41. The molecule has 2 nitrogen and oxygen atoms in total. The van der Waals surface area contributed by atoms with Crippen molar-refractivity contribution in [3.8, 4) is 28.1 Å². The second kappa shape index (κ2) is 14.4. The zero-order valence-corrected chi connectivity index (χ0v) is 25.2. The van der Waals surface area contributed by atoms with Crippen LogP contribution in [0.1, 0.15) is 48.4 Å². The molecular weight excluding hydrogens is 645 g/mol. The summed E-state index contributed by atoms with van der Waals surface area (Å²) < 4.78 is 133. The molecule has 1 heterocycles. The average Bonchev–Trinajstić information content (AvgIpc) is 3.03. The molecule has 0 aliphatic carbocycles. The highest BCUT2D eigenvalue weighted by atomic mass is 19.3. The first-order chi connectivity index (χ1) is 22.9. The van der Waals surface area contributed by atoms with Crippen molar-refractivity contribution in [3.63, 3.8) is 0 Å². The molecule has 0 saturated heterocycles. The van der Waals surface area contributed by atoms with Gasteiger partial charge in [0.25, 0.3) is 0 Å². The molecule has 0 saturated carbocycles. The Bertz CT molecular complexity index is 1930. The second-order valence-corrected chi connectivity index (χ2v) is 11.0. The third-order valence-corrected chi connectivity index (χ3v) is 7.48. The van der Waals surface area contributed by atoms with E-state index in [2.05, 4.69) is 16.6 Å². The minimum Gasteiger partial charge on any atom is -0.429 e. The van der Waals surface area contributed by atoms with Crippen LogP contribution in [0.25, 0.3) is 34.5 Å². The van der Waals surface area contributed by atoms with Gasteiger partial charge in [-0.3, -0.25) is 4.98 Å². The molecule has 0 atom stereocenters. The fraction of sp³-hybridized carbons (Fsp3) is 0.162. The lowest BCUT2D eigenvalue weighted by molar-refractivity contribution is -0.189. The third kappa shape index (κ3) is 7.73. The van der Waals surface area contributed by atoms with Crippen LogP contribution in [-0.4, -0.2) is 4.98 Å². The summed E-state index contributed by atoms with van der Waals surface area (Å²) in [7, 11) is 0. The predicted octanol–water partition coefficient (Wildman–Crippen LogP) is 11.4. The van der Waals surface area contributed by atoms with Crippen LogP contribution in [0.3, 0.4) is 0 Å². The zero-order valence-electron chi connectivity index (χ0n) is 25.2. The Kier molecular flexibility index (Phi) is 10.3. The molecular formula is C37H26F9NO. The summed E-state index contributed by atoms with van der Waals surface area (Å²) in [6.07, 6.45) is 3.40. The third-order valence-electron chi connectivity index (χ3n) is 7.48. The van der Waals surface area contributed by atoms with Crippen molar-refractivity contribution in [1.82, 2.24) is 4.98 Å². The quantitative estimate of drug-likeness (QED) is 0.0604. The van der Waals surface area contributed by atoms with Crippen LogP contribution in [0, 0.1) is 40.7 Å². The monoisotopic (exact) mass is 671 g/mol. The fourth-order valence-electron chi connectivity index (χ4n) is 5.00. The molecule has 4 aromatic carbocycles. The lowest BCUT2D eigenvalue weighted by atomic mass is 9.99. The summed E-state index contributed by atoms with van der Waals surface area (Å²) in [5, 5.41) is 0. The topological polar surface area (TPSA) is 22.1 Å². The Morgan fingerprint density at radius 1 is 0.667 bits per heavy atom. The number of aryl methyl sites for hydroxylation is 1. The number of ether oxygens (including phenoxy) is 1. The van der Waals surface area contributed by atoms with Gasteiger partial charge in [-0.1, -0.05) is 62.2 Å². The van der Waals surface area contributed by atoms with E-state index in [9.17, 15) is 30.7 Å². The highest BCUT2D eigenvalue weighted by molar-refractivity contribution is 5.74. The molecule has 0 unspecified atom stereocenters. The minimum atomic E-state index is -4.75. The maximum Gasteiger partial charge on any atom is 0.432 e. The van der Waals surface area contributed by atoms with Crippen molar-refractivity contribution in [3.05, 3.63) is 142 Å². The number of unbranched alkanes of at least 4 members (excludes halogenated alkanes) is 2. The van der Waals surface area contributed by atoms with Gasteiger partial charge in [0, 0.05) is 35.0 Å². The molecule has 0 radical (unpaired) electrons. The van der Waals surface area contributed by atoms with E-state index in [4.69, 9.17) is 0 Å². The Labute approximate surface area is 270 Å². The van der Waals surface area contributed by atoms with E-state index in [0.29, 0.717) is 23.4 Å². The maximum absolute atomic E-state index is 15.1. The summed E-state index contributed by atoms with van der Waals surface area (Å²) in [4.78, 5) is 4.43. The van der Waals surface area contributed by atoms with E-state index in [0.717, 1.165) is 49.5 Å². The number of hydrogen-bond acceptors (Lipinski definition) is 2. The molecule has 0 N–H and O–H groups in total. The fourth-order valence-corrected chi connectivity index (χ4v) is 5.00. The largest absolute Gasteiger partial charge is 0.432 e. The van der Waals surface area contributed by atoms with E-state index in [-0.39, 0.29) is 34.4 Å². The molecule has 248 valence electrons. The molecule has 1 aromatic heterocycles. The summed E-state index contributed by atoms with van der Waals surface area (Å²) >= 11 is 0. The van der Waals surface area contributed by atoms with Gasteiger partial charge in [-0.25, -0.2) is 30.7 Å². The van der Waals surface area contributed by atoms with Crippen LogP contribution >= 0.6 is 0 Å². The number of pyridine rings is 1. The van der Waals surface area contributed by atoms with Gasteiger partial charge in [0.05, 0.1) is 5.69 Å². The Morgan fingerprint density at radius 3 is 1.94 bits per heavy atom. The number of hydrogen-bond donors (Lipinski definition) is 0. The van der Waals surface area contributed by atoms with Crippen molar-refractivity contribution in [2.24, 2.45) is 0 Å².